The van der Waals surface area contributed by atoms with Crippen LogP contribution in [-0.4, -0.2) is 29.8 Å². The molecule has 1 fully saturated rings. The Kier molecular flexibility index (Phi) is 5.76. The second-order valence-electron chi connectivity index (χ2n) is 5.35. The van der Waals surface area contributed by atoms with Crippen LogP contribution in [0.15, 0.2) is 47.4 Å². The van der Waals surface area contributed by atoms with Crippen LogP contribution < -0.4 is 10.1 Å². The number of methoxy groups -OCH3 is 1. The van der Waals surface area contributed by atoms with Gasteiger partial charge in [-0.25, -0.2) is 0 Å². The molecule has 2 aromatic carbocycles. The Hall–Kier alpha value is -2.15. The van der Waals surface area contributed by atoms with E-state index in [2.05, 4.69) is 5.32 Å². The normalized spacial score (nSPS) is 15.7. The van der Waals surface area contributed by atoms with E-state index in [0.717, 1.165) is 28.0 Å². The van der Waals surface area contributed by atoms with Gasteiger partial charge in [-0.3, -0.25) is 14.5 Å². The molecule has 1 aliphatic heterocycles. The number of imide groups is 1. The molecule has 0 aromatic heterocycles. The molecule has 1 heterocycles. The third-order valence-corrected chi connectivity index (χ3v) is 5.29. The highest BCUT2D eigenvalue weighted by molar-refractivity contribution is 8.18. The van der Waals surface area contributed by atoms with Crippen LogP contribution in [0.5, 0.6) is 5.75 Å². The summed E-state index contributed by atoms with van der Waals surface area (Å²) >= 11 is 12.7. The minimum absolute atomic E-state index is 0.0442. The number of thioether (sulfide) groups is 1. The molecule has 0 saturated carbocycles. The first-order chi connectivity index (χ1) is 12.5. The fraction of sp³-hybridized carbons (Fsp3) is 0.111. The molecule has 1 N–H and O–H groups in total. The summed E-state index contributed by atoms with van der Waals surface area (Å²) in [5, 5.41) is 3.50. The standard InChI is InChI=1S/C18H14Cl2N2O3S/c1-25-13-5-2-11(3-6-13)8-16-17(23)22(18(24)26-16)10-21-12-4-7-14(19)15(20)9-12/h2-9,21H,10H2,1H3. The number of halogens is 2. The number of anilines is 1. The molecule has 0 atom stereocenters. The number of rotatable bonds is 5. The number of carbonyl (C=O) groups excluding carboxylic acids is 2. The van der Waals surface area contributed by atoms with Crippen LogP contribution in [-0.2, 0) is 4.79 Å². The molecule has 2 amide bonds. The second-order valence-corrected chi connectivity index (χ2v) is 7.15. The van der Waals surface area contributed by atoms with Crippen LogP contribution in [0.25, 0.3) is 6.08 Å². The summed E-state index contributed by atoms with van der Waals surface area (Å²) in [6.07, 6.45) is 1.68. The van der Waals surface area contributed by atoms with Crippen LogP contribution in [0.2, 0.25) is 10.0 Å². The number of nitrogens with zero attached hydrogens (tertiary/aromatic N) is 1. The SMILES string of the molecule is COc1ccc(C=C2SC(=O)N(CNc3ccc(Cl)c(Cl)c3)C2=O)cc1. The number of hydrogen-bond acceptors (Lipinski definition) is 5. The Morgan fingerprint density at radius 2 is 1.85 bits per heavy atom. The predicted molar refractivity (Wildman–Crippen MR) is 106 cm³/mol. The van der Waals surface area contributed by atoms with Gasteiger partial charge in [-0.15, -0.1) is 0 Å². The lowest BCUT2D eigenvalue weighted by Gasteiger charge is -2.14. The number of ether oxygens (including phenoxy) is 1. The van der Waals surface area contributed by atoms with Gasteiger partial charge in [-0.05, 0) is 53.7 Å². The lowest BCUT2D eigenvalue weighted by atomic mass is 10.2. The van der Waals surface area contributed by atoms with Gasteiger partial charge in [0.2, 0.25) is 0 Å². The maximum atomic E-state index is 12.5. The van der Waals surface area contributed by atoms with Crippen LogP contribution in [0.3, 0.4) is 0 Å². The van der Waals surface area contributed by atoms with Gasteiger partial charge in [0.15, 0.2) is 0 Å². The van der Waals surface area contributed by atoms with Crippen molar-refractivity contribution in [2.24, 2.45) is 0 Å². The molecule has 0 aliphatic carbocycles. The predicted octanol–water partition coefficient (Wildman–Crippen LogP) is 5.11. The maximum absolute atomic E-state index is 12.5. The van der Waals surface area contributed by atoms with E-state index in [4.69, 9.17) is 27.9 Å². The van der Waals surface area contributed by atoms with Gasteiger partial charge < -0.3 is 10.1 Å². The van der Waals surface area contributed by atoms with E-state index >= 15 is 0 Å². The van der Waals surface area contributed by atoms with Crippen LogP contribution in [0.1, 0.15) is 5.56 Å². The molecule has 3 rings (SSSR count). The zero-order chi connectivity index (χ0) is 18.7. The minimum Gasteiger partial charge on any atom is -0.497 e. The van der Waals surface area contributed by atoms with E-state index in [1.807, 2.05) is 12.1 Å². The average molecular weight is 409 g/mol. The molecule has 8 heteroatoms. The van der Waals surface area contributed by atoms with Crippen LogP contribution in [0.4, 0.5) is 10.5 Å². The van der Waals surface area contributed by atoms with Crippen molar-refractivity contribution in [3.63, 3.8) is 0 Å². The summed E-state index contributed by atoms with van der Waals surface area (Å²) in [4.78, 5) is 26.2. The Balaban J connectivity index is 1.69. The smallest absolute Gasteiger partial charge is 0.295 e. The van der Waals surface area contributed by atoms with Gasteiger partial charge in [-0.2, -0.15) is 0 Å². The lowest BCUT2D eigenvalue weighted by Crippen LogP contribution is -2.33. The minimum atomic E-state index is -0.344. The van der Waals surface area contributed by atoms with Crippen molar-refractivity contribution in [2.75, 3.05) is 19.1 Å². The first-order valence-corrected chi connectivity index (χ1v) is 9.13. The summed E-state index contributed by atoms with van der Waals surface area (Å²) in [7, 11) is 1.58. The lowest BCUT2D eigenvalue weighted by molar-refractivity contribution is -0.122. The summed E-state index contributed by atoms with van der Waals surface area (Å²) in [6.45, 7) is 0.0442. The highest BCUT2D eigenvalue weighted by Crippen LogP contribution is 2.32. The summed E-state index contributed by atoms with van der Waals surface area (Å²) in [5.74, 6) is 0.379. The summed E-state index contributed by atoms with van der Waals surface area (Å²) < 4.78 is 5.10. The number of benzene rings is 2. The van der Waals surface area contributed by atoms with Gasteiger partial charge in [0.1, 0.15) is 5.75 Å². The van der Waals surface area contributed by atoms with Crippen molar-refractivity contribution >= 4 is 57.9 Å². The molecule has 5 nitrogen and oxygen atoms in total. The number of hydrogen-bond donors (Lipinski definition) is 1. The molecule has 134 valence electrons. The van der Waals surface area contributed by atoms with E-state index < -0.39 is 0 Å². The number of amides is 2. The van der Waals surface area contributed by atoms with E-state index in [9.17, 15) is 9.59 Å². The topological polar surface area (TPSA) is 58.6 Å². The van der Waals surface area contributed by atoms with Gasteiger partial charge in [-0.1, -0.05) is 35.3 Å². The van der Waals surface area contributed by atoms with Gasteiger partial charge in [0.25, 0.3) is 11.1 Å². The quantitative estimate of drug-likeness (QED) is 0.696. The van der Waals surface area contributed by atoms with E-state index in [0.29, 0.717) is 20.6 Å². The molecule has 1 aliphatic rings. The summed E-state index contributed by atoms with van der Waals surface area (Å²) in [6, 6.07) is 12.2. The maximum Gasteiger partial charge on any atom is 0.295 e. The molecular weight excluding hydrogens is 395 g/mol. The average Bonchev–Trinajstić information content (AvgIpc) is 2.90. The molecule has 2 aromatic rings. The van der Waals surface area contributed by atoms with Crippen molar-refractivity contribution in [3.05, 3.63) is 63.0 Å². The molecule has 1 saturated heterocycles. The van der Waals surface area contributed by atoms with Crippen molar-refractivity contribution in [2.45, 2.75) is 0 Å². The van der Waals surface area contributed by atoms with Crippen molar-refractivity contribution in [1.82, 2.24) is 4.90 Å². The van der Waals surface area contributed by atoms with E-state index in [1.165, 1.54) is 0 Å². The fourth-order valence-electron chi connectivity index (χ4n) is 2.26. The van der Waals surface area contributed by atoms with Gasteiger partial charge in [0, 0.05) is 5.69 Å². The summed E-state index contributed by atoms with van der Waals surface area (Å²) in [5.41, 5.74) is 1.48. The van der Waals surface area contributed by atoms with Crippen LogP contribution in [0, 0.1) is 0 Å². The van der Waals surface area contributed by atoms with Crippen LogP contribution >= 0.6 is 35.0 Å². The molecular formula is C18H14Cl2N2O3S. The largest absolute Gasteiger partial charge is 0.497 e. The first kappa shape index (κ1) is 18.6. The van der Waals surface area contributed by atoms with Crippen molar-refractivity contribution in [1.29, 1.82) is 0 Å². The third kappa shape index (κ3) is 4.15. The highest BCUT2D eigenvalue weighted by Gasteiger charge is 2.34. The zero-order valence-corrected chi connectivity index (χ0v) is 16.0. The number of carbonyl (C=O) groups is 2. The Morgan fingerprint density at radius 3 is 2.50 bits per heavy atom. The molecule has 0 spiro atoms. The van der Waals surface area contributed by atoms with Gasteiger partial charge >= 0.3 is 0 Å². The van der Waals surface area contributed by atoms with Crippen molar-refractivity contribution in [3.8, 4) is 5.75 Å². The zero-order valence-electron chi connectivity index (χ0n) is 13.7. The molecule has 0 bridgehead atoms. The Bertz CT molecular complexity index is 885. The third-order valence-electron chi connectivity index (χ3n) is 3.65. The molecule has 0 radical (unpaired) electrons. The van der Waals surface area contributed by atoms with E-state index in [1.54, 1.807) is 43.5 Å². The molecule has 26 heavy (non-hydrogen) atoms. The highest BCUT2D eigenvalue weighted by atomic mass is 35.5. The Morgan fingerprint density at radius 1 is 1.12 bits per heavy atom. The Labute approximate surface area is 164 Å². The second kappa shape index (κ2) is 8.03. The van der Waals surface area contributed by atoms with Crippen molar-refractivity contribution < 1.29 is 14.3 Å². The van der Waals surface area contributed by atoms with Gasteiger partial charge in [0.05, 0.1) is 28.7 Å². The fourth-order valence-corrected chi connectivity index (χ4v) is 3.40. The first-order valence-electron chi connectivity index (χ1n) is 7.56. The number of nitrogens with one attached hydrogen (secondary N) is 1. The molecule has 0 unspecified atom stereocenters. The monoisotopic (exact) mass is 408 g/mol. The van der Waals surface area contributed by atoms with E-state index in [-0.39, 0.29) is 17.8 Å².